The molecule has 5 rings (SSSR count). The summed E-state index contributed by atoms with van der Waals surface area (Å²) < 4.78 is 18.2. The van der Waals surface area contributed by atoms with E-state index in [1.165, 1.54) is 6.92 Å². The highest BCUT2D eigenvalue weighted by Gasteiger charge is 2.34. The number of amides is 1. The summed E-state index contributed by atoms with van der Waals surface area (Å²) in [5.41, 5.74) is 6.43. The number of nitrogens with zero attached hydrogens (tertiary/aromatic N) is 1. The van der Waals surface area contributed by atoms with E-state index < -0.39 is 24.5 Å². The van der Waals surface area contributed by atoms with Gasteiger partial charge in [-0.05, 0) is 54.3 Å². The molecule has 0 aromatic heterocycles. The zero-order chi connectivity index (χ0) is 34.9. The zero-order valence-electron chi connectivity index (χ0n) is 28.5. The minimum Gasteiger partial charge on any atom is -0.453 e. The van der Waals surface area contributed by atoms with Gasteiger partial charge in [0.1, 0.15) is 0 Å². The van der Waals surface area contributed by atoms with Gasteiger partial charge < -0.3 is 29.7 Å². The molecule has 0 radical (unpaired) electrons. The minimum absolute atomic E-state index is 0.0260. The van der Waals surface area contributed by atoms with Crippen LogP contribution in [0.1, 0.15) is 73.5 Å². The van der Waals surface area contributed by atoms with Crippen LogP contribution in [-0.2, 0) is 37.0 Å². The molecule has 1 heterocycles. The molecule has 0 aliphatic carbocycles. The van der Waals surface area contributed by atoms with Crippen LogP contribution >= 0.6 is 0 Å². The molecule has 1 aliphatic heterocycles. The van der Waals surface area contributed by atoms with Gasteiger partial charge >= 0.3 is 5.97 Å². The first-order chi connectivity index (χ1) is 23.6. The molecule has 1 saturated heterocycles. The van der Waals surface area contributed by atoms with Gasteiger partial charge in [-0.25, -0.2) is 0 Å². The van der Waals surface area contributed by atoms with Gasteiger partial charge in [-0.15, -0.1) is 0 Å². The number of hydrogen-bond acceptors (Lipinski definition) is 8. The van der Waals surface area contributed by atoms with Crippen molar-refractivity contribution in [1.29, 1.82) is 0 Å². The van der Waals surface area contributed by atoms with E-state index >= 15 is 0 Å². The van der Waals surface area contributed by atoms with E-state index in [-0.39, 0.29) is 37.3 Å². The molecule has 9 heteroatoms. The fourth-order valence-corrected chi connectivity index (χ4v) is 6.09. The maximum Gasteiger partial charge on any atom is 0.303 e. The quantitative estimate of drug-likeness (QED) is 0.149. The fraction of sp³-hybridized carbons (Fsp3) is 0.350. The largest absolute Gasteiger partial charge is 0.453 e. The van der Waals surface area contributed by atoms with Crippen LogP contribution in [0.25, 0.3) is 11.1 Å². The third kappa shape index (κ3) is 9.41. The van der Waals surface area contributed by atoms with E-state index in [9.17, 15) is 19.8 Å². The molecular weight excluding hydrogens is 620 g/mol. The van der Waals surface area contributed by atoms with Gasteiger partial charge in [0.25, 0.3) is 5.91 Å². The summed E-state index contributed by atoms with van der Waals surface area (Å²) in [6, 6.07) is 33.2. The summed E-state index contributed by atoms with van der Waals surface area (Å²) >= 11 is 0. The second kappa shape index (κ2) is 16.8. The Hall–Kier alpha value is -4.38. The predicted molar refractivity (Wildman–Crippen MR) is 187 cm³/mol. The lowest BCUT2D eigenvalue weighted by molar-refractivity contribution is -0.253. The van der Waals surface area contributed by atoms with E-state index in [1.807, 2.05) is 117 Å². The van der Waals surface area contributed by atoms with Crippen molar-refractivity contribution in [2.24, 2.45) is 0 Å². The highest BCUT2D eigenvalue weighted by atomic mass is 16.7. The highest BCUT2D eigenvalue weighted by Crippen LogP contribution is 2.39. The van der Waals surface area contributed by atoms with Crippen LogP contribution in [0.5, 0.6) is 0 Å². The summed E-state index contributed by atoms with van der Waals surface area (Å²) in [5.74, 6) is -0.869. The first-order valence-electron chi connectivity index (χ1n) is 16.7. The molecule has 1 aliphatic rings. The minimum atomic E-state index is -0.878. The molecule has 1 amide bonds. The average molecular weight is 667 g/mol. The van der Waals surface area contributed by atoms with Gasteiger partial charge in [0.2, 0.25) is 0 Å². The second-order valence-electron chi connectivity index (χ2n) is 12.6. The number of hydrogen-bond donors (Lipinski definition) is 3. The summed E-state index contributed by atoms with van der Waals surface area (Å²) in [7, 11) is 2.00. The lowest BCUT2D eigenvalue weighted by Gasteiger charge is -2.39. The molecule has 0 saturated carbocycles. The normalized spacial score (nSPS) is 19.5. The summed E-state index contributed by atoms with van der Waals surface area (Å²) in [6.45, 7) is 5.68. The van der Waals surface area contributed by atoms with Crippen LogP contribution in [-0.4, -0.2) is 58.8 Å². The van der Waals surface area contributed by atoms with Crippen molar-refractivity contribution in [3.63, 3.8) is 0 Å². The third-order valence-electron chi connectivity index (χ3n) is 9.08. The molecule has 0 unspecified atom stereocenters. The third-order valence-corrected chi connectivity index (χ3v) is 9.08. The number of aliphatic hydroxyl groups excluding tert-OH is 2. The molecule has 1 fully saturated rings. The van der Waals surface area contributed by atoms with Crippen LogP contribution in [0.15, 0.2) is 103 Å². The molecule has 0 spiro atoms. The first-order valence-corrected chi connectivity index (χ1v) is 16.7. The van der Waals surface area contributed by atoms with E-state index in [0.29, 0.717) is 13.0 Å². The maximum absolute atomic E-state index is 12.5. The van der Waals surface area contributed by atoms with Crippen molar-refractivity contribution in [2.75, 3.05) is 13.6 Å². The summed E-state index contributed by atoms with van der Waals surface area (Å²) in [6.07, 6.45) is -1.95. The molecule has 9 nitrogen and oxygen atoms in total. The van der Waals surface area contributed by atoms with Crippen LogP contribution in [0, 0.1) is 0 Å². The standard InChI is InChI=1S/C40H46N2O7/c1-26(38(45)32-10-6-5-7-11-32)42(4)24-35-22-37(31-16-14-29(25-43)15-17-31)49-40(48-35)33-20-18-30(19-21-33)36-13-9-8-12-34(36)23-41-39(46)27(2)47-28(3)44/h5-21,26-27,35,37-38,40,43,45H,22-25H2,1-4H3,(H,41,46)/t26-,27-,35+,37-,38-,40-/m0/s1. The Morgan fingerprint density at radius 1 is 0.898 bits per heavy atom. The number of benzene rings is 4. The van der Waals surface area contributed by atoms with Crippen LogP contribution in [0.3, 0.4) is 0 Å². The molecular formula is C40H46N2O7. The molecule has 6 atom stereocenters. The van der Waals surface area contributed by atoms with Gasteiger partial charge in [0.05, 0.1) is 24.9 Å². The fourth-order valence-electron chi connectivity index (χ4n) is 6.09. The molecule has 4 aromatic carbocycles. The van der Waals surface area contributed by atoms with Gasteiger partial charge in [-0.3, -0.25) is 14.5 Å². The van der Waals surface area contributed by atoms with Crippen molar-refractivity contribution >= 4 is 11.9 Å². The van der Waals surface area contributed by atoms with E-state index in [2.05, 4.69) is 10.2 Å². The van der Waals surface area contributed by atoms with Crippen molar-refractivity contribution in [3.05, 3.63) is 131 Å². The Labute approximate surface area is 288 Å². The van der Waals surface area contributed by atoms with Gasteiger partial charge in [-0.2, -0.15) is 0 Å². The molecule has 258 valence electrons. The zero-order valence-corrected chi connectivity index (χ0v) is 28.5. The lowest BCUT2D eigenvalue weighted by atomic mass is 9.97. The van der Waals surface area contributed by atoms with E-state index in [0.717, 1.165) is 38.9 Å². The maximum atomic E-state index is 12.5. The summed E-state index contributed by atoms with van der Waals surface area (Å²) in [4.78, 5) is 25.8. The predicted octanol–water partition coefficient (Wildman–Crippen LogP) is 6.01. The number of carbonyl (C=O) groups excluding carboxylic acids is 2. The Morgan fingerprint density at radius 2 is 1.55 bits per heavy atom. The smallest absolute Gasteiger partial charge is 0.303 e. The van der Waals surface area contributed by atoms with Crippen LogP contribution in [0.4, 0.5) is 0 Å². The number of aliphatic hydroxyl groups is 2. The number of nitrogens with one attached hydrogen (secondary N) is 1. The second-order valence-corrected chi connectivity index (χ2v) is 12.6. The molecule has 3 N–H and O–H groups in total. The van der Waals surface area contributed by atoms with Gasteiger partial charge in [-0.1, -0.05) is 103 Å². The van der Waals surface area contributed by atoms with Crippen LogP contribution < -0.4 is 5.32 Å². The Kier molecular flexibility index (Phi) is 12.3. The van der Waals surface area contributed by atoms with E-state index in [1.54, 1.807) is 6.92 Å². The number of esters is 1. The highest BCUT2D eigenvalue weighted by molar-refractivity contribution is 5.83. The monoisotopic (exact) mass is 666 g/mol. The number of likely N-dealkylation sites (N-methyl/N-ethyl adjacent to an activating group) is 1. The van der Waals surface area contributed by atoms with Crippen molar-refractivity contribution < 1.29 is 34.0 Å². The summed E-state index contributed by atoms with van der Waals surface area (Å²) in [5, 5.41) is 23.5. The number of rotatable bonds is 13. The van der Waals surface area contributed by atoms with Crippen molar-refractivity contribution in [2.45, 2.75) is 77.1 Å². The lowest BCUT2D eigenvalue weighted by Crippen LogP contribution is -2.43. The number of carbonyl (C=O) groups is 2. The van der Waals surface area contributed by atoms with Crippen molar-refractivity contribution in [3.8, 4) is 11.1 Å². The molecule has 49 heavy (non-hydrogen) atoms. The Morgan fingerprint density at radius 3 is 2.22 bits per heavy atom. The molecule has 0 bridgehead atoms. The molecule has 4 aromatic rings. The number of ether oxygens (including phenoxy) is 3. The Balaban J connectivity index is 1.33. The van der Waals surface area contributed by atoms with E-state index in [4.69, 9.17) is 14.2 Å². The SMILES string of the molecule is CC(=O)O[C@@H](C)C(=O)NCc1ccccc1-c1ccc([C@H]2O[C@@H](CN(C)[C@@H](C)[C@H](O)c3ccccc3)C[C@@H](c3ccc(CO)cc3)O2)cc1. The Bertz CT molecular complexity index is 1660. The van der Waals surface area contributed by atoms with Gasteiger partial charge in [0, 0.05) is 38.0 Å². The first kappa shape index (κ1) is 35.9. The van der Waals surface area contributed by atoms with Crippen molar-refractivity contribution in [1.82, 2.24) is 10.2 Å². The topological polar surface area (TPSA) is 118 Å². The van der Waals surface area contributed by atoms with Crippen LogP contribution in [0.2, 0.25) is 0 Å². The average Bonchev–Trinajstić information content (AvgIpc) is 3.13. The van der Waals surface area contributed by atoms with Gasteiger partial charge in [0.15, 0.2) is 12.4 Å².